The fourth-order valence-electron chi connectivity index (χ4n) is 5.24. The molecule has 3 aliphatic rings. The van der Waals surface area contributed by atoms with Crippen molar-refractivity contribution in [1.82, 2.24) is 5.32 Å². The Labute approximate surface area is 112 Å². The number of nitrogens with one attached hydrogen (secondary N) is 1. The average molecular weight is 250 g/mol. The van der Waals surface area contributed by atoms with Gasteiger partial charge in [0.05, 0.1) is 0 Å². The Balaban J connectivity index is 1.68. The van der Waals surface area contributed by atoms with Crippen LogP contribution in [0.2, 0.25) is 0 Å². The molecule has 0 heterocycles. The molecule has 2 bridgehead atoms. The van der Waals surface area contributed by atoms with Gasteiger partial charge in [-0.05, 0) is 61.7 Å². The maximum atomic E-state index is 6.02. The van der Waals surface area contributed by atoms with Crippen LogP contribution in [-0.2, 0) is 0 Å². The van der Waals surface area contributed by atoms with Gasteiger partial charge in [0.2, 0.25) is 0 Å². The van der Waals surface area contributed by atoms with E-state index in [0.717, 1.165) is 18.0 Å². The standard InChI is InChI=1S/C16H30N2/c1-15(2)11-8-9-16(3,10-11)14(15)18-13-6-4-12(17)5-7-13/h11-14,18H,4-10,17H2,1-3H3/t11-,12?,13?,14?,16+/m0/s1. The molecule has 3 N–H and O–H groups in total. The minimum absolute atomic E-state index is 0.465. The highest BCUT2D eigenvalue weighted by Gasteiger charge is 2.59. The predicted octanol–water partition coefficient (Wildman–Crippen LogP) is 3.06. The van der Waals surface area contributed by atoms with E-state index in [9.17, 15) is 0 Å². The zero-order chi connectivity index (χ0) is 13.0. The fraction of sp³-hybridized carbons (Fsp3) is 1.00. The van der Waals surface area contributed by atoms with Gasteiger partial charge in [-0.3, -0.25) is 0 Å². The highest BCUT2D eigenvalue weighted by atomic mass is 15.0. The topological polar surface area (TPSA) is 38.0 Å². The van der Waals surface area contributed by atoms with Crippen molar-refractivity contribution < 1.29 is 0 Å². The van der Waals surface area contributed by atoms with Gasteiger partial charge in [0, 0.05) is 18.1 Å². The van der Waals surface area contributed by atoms with Gasteiger partial charge >= 0.3 is 0 Å². The van der Waals surface area contributed by atoms with E-state index < -0.39 is 0 Å². The van der Waals surface area contributed by atoms with E-state index in [1.807, 2.05) is 0 Å². The Morgan fingerprint density at radius 3 is 2.22 bits per heavy atom. The van der Waals surface area contributed by atoms with Gasteiger partial charge in [0.25, 0.3) is 0 Å². The van der Waals surface area contributed by atoms with Gasteiger partial charge in [-0.15, -0.1) is 0 Å². The quantitative estimate of drug-likeness (QED) is 0.790. The third-order valence-corrected chi connectivity index (χ3v) is 6.44. The van der Waals surface area contributed by atoms with Crippen molar-refractivity contribution in [2.45, 2.75) is 83.8 Å². The molecule has 0 radical (unpaired) electrons. The highest BCUT2D eigenvalue weighted by Crippen LogP contribution is 2.62. The first-order valence-corrected chi connectivity index (χ1v) is 7.93. The minimum Gasteiger partial charge on any atom is -0.328 e. The summed E-state index contributed by atoms with van der Waals surface area (Å²) in [5.41, 5.74) is 7.07. The smallest absolute Gasteiger partial charge is 0.0177 e. The summed E-state index contributed by atoms with van der Waals surface area (Å²) in [6.45, 7) is 7.51. The number of fused-ring (bicyclic) bond motifs is 2. The summed E-state index contributed by atoms with van der Waals surface area (Å²) in [6, 6.07) is 1.92. The first-order chi connectivity index (χ1) is 8.42. The second kappa shape index (κ2) is 4.21. The molecule has 0 aromatic rings. The molecule has 1 unspecified atom stereocenters. The second-order valence-electron chi connectivity index (χ2n) is 8.13. The van der Waals surface area contributed by atoms with E-state index in [2.05, 4.69) is 26.1 Å². The van der Waals surface area contributed by atoms with E-state index in [1.54, 1.807) is 0 Å². The Hall–Kier alpha value is -0.0800. The lowest BCUT2D eigenvalue weighted by Gasteiger charge is -2.46. The van der Waals surface area contributed by atoms with Crippen LogP contribution in [0.25, 0.3) is 0 Å². The number of nitrogens with two attached hydrogens (primary N) is 1. The number of hydrogen-bond acceptors (Lipinski definition) is 2. The molecule has 2 heteroatoms. The maximum absolute atomic E-state index is 6.02. The Morgan fingerprint density at radius 2 is 1.67 bits per heavy atom. The summed E-state index contributed by atoms with van der Waals surface area (Å²) >= 11 is 0. The largest absolute Gasteiger partial charge is 0.328 e. The molecular weight excluding hydrogens is 220 g/mol. The van der Waals surface area contributed by atoms with Crippen LogP contribution in [0.4, 0.5) is 0 Å². The molecule has 0 aromatic carbocycles. The van der Waals surface area contributed by atoms with E-state index in [0.29, 0.717) is 16.9 Å². The molecule has 0 aliphatic heterocycles. The van der Waals surface area contributed by atoms with Crippen LogP contribution in [0.15, 0.2) is 0 Å². The molecule has 3 saturated carbocycles. The van der Waals surface area contributed by atoms with Crippen LogP contribution in [0.5, 0.6) is 0 Å². The highest BCUT2D eigenvalue weighted by molar-refractivity contribution is 5.12. The lowest BCUT2D eigenvalue weighted by Crippen LogP contribution is -2.54. The maximum Gasteiger partial charge on any atom is 0.0177 e. The summed E-state index contributed by atoms with van der Waals surface area (Å²) < 4.78 is 0. The van der Waals surface area contributed by atoms with Crippen LogP contribution in [-0.4, -0.2) is 18.1 Å². The van der Waals surface area contributed by atoms with Gasteiger partial charge < -0.3 is 11.1 Å². The lowest BCUT2D eigenvalue weighted by atomic mass is 9.68. The first kappa shape index (κ1) is 12.9. The van der Waals surface area contributed by atoms with Crippen molar-refractivity contribution in [3.8, 4) is 0 Å². The number of rotatable bonds is 2. The number of hydrogen-bond donors (Lipinski definition) is 2. The van der Waals surface area contributed by atoms with Crippen LogP contribution in [0, 0.1) is 16.7 Å². The van der Waals surface area contributed by atoms with Crippen molar-refractivity contribution in [3.05, 3.63) is 0 Å². The summed E-state index contributed by atoms with van der Waals surface area (Å²) in [5, 5.41) is 4.04. The minimum atomic E-state index is 0.465. The summed E-state index contributed by atoms with van der Waals surface area (Å²) in [7, 11) is 0. The molecule has 3 aliphatic carbocycles. The van der Waals surface area contributed by atoms with Crippen molar-refractivity contribution >= 4 is 0 Å². The third kappa shape index (κ3) is 1.92. The normalized spacial score (nSPS) is 50.7. The molecule has 3 fully saturated rings. The van der Waals surface area contributed by atoms with Gasteiger partial charge in [0.1, 0.15) is 0 Å². The average Bonchev–Trinajstić information content (AvgIpc) is 2.78. The predicted molar refractivity (Wildman–Crippen MR) is 76.4 cm³/mol. The fourth-order valence-corrected chi connectivity index (χ4v) is 5.24. The van der Waals surface area contributed by atoms with Crippen molar-refractivity contribution in [3.63, 3.8) is 0 Å². The Kier molecular flexibility index (Phi) is 3.02. The van der Waals surface area contributed by atoms with E-state index >= 15 is 0 Å². The van der Waals surface area contributed by atoms with Crippen molar-refractivity contribution in [2.75, 3.05) is 0 Å². The second-order valence-corrected chi connectivity index (χ2v) is 8.13. The van der Waals surface area contributed by atoms with Crippen LogP contribution >= 0.6 is 0 Å². The molecule has 0 spiro atoms. The molecule has 0 amide bonds. The van der Waals surface area contributed by atoms with Gasteiger partial charge in [0.15, 0.2) is 0 Å². The monoisotopic (exact) mass is 250 g/mol. The van der Waals surface area contributed by atoms with Crippen LogP contribution in [0.1, 0.15) is 65.7 Å². The molecule has 104 valence electrons. The summed E-state index contributed by atoms with van der Waals surface area (Å²) in [5.74, 6) is 0.950. The summed E-state index contributed by atoms with van der Waals surface area (Å²) in [6.07, 6.45) is 9.34. The molecule has 0 aromatic heterocycles. The lowest BCUT2D eigenvalue weighted by molar-refractivity contribution is 0.0915. The van der Waals surface area contributed by atoms with Gasteiger partial charge in [-0.2, -0.15) is 0 Å². The third-order valence-electron chi connectivity index (χ3n) is 6.44. The van der Waals surface area contributed by atoms with Crippen molar-refractivity contribution in [2.24, 2.45) is 22.5 Å². The molecule has 3 rings (SSSR count). The Morgan fingerprint density at radius 1 is 1.00 bits per heavy atom. The van der Waals surface area contributed by atoms with Crippen LogP contribution in [0.3, 0.4) is 0 Å². The van der Waals surface area contributed by atoms with Gasteiger partial charge in [-0.1, -0.05) is 20.8 Å². The van der Waals surface area contributed by atoms with E-state index in [1.165, 1.54) is 44.9 Å². The SMILES string of the molecule is CC1(C)C(NC2CCC(N)CC2)[C@]2(C)CC[C@H]1C2. The zero-order valence-electron chi connectivity index (χ0n) is 12.3. The molecule has 2 nitrogen and oxygen atoms in total. The van der Waals surface area contributed by atoms with E-state index in [-0.39, 0.29) is 0 Å². The molecular formula is C16H30N2. The van der Waals surface area contributed by atoms with Crippen LogP contribution < -0.4 is 11.1 Å². The summed E-state index contributed by atoms with van der Waals surface area (Å²) in [4.78, 5) is 0. The molecule has 0 saturated heterocycles. The molecule has 18 heavy (non-hydrogen) atoms. The van der Waals surface area contributed by atoms with Crippen molar-refractivity contribution in [1.29, 1.82) is 0 Å². The Bertz CT molecular complexity index is 312. The first-order valence-electron chi connectivity index (χ1n) is 7.93. The zero-order valence-corrected chi connectivity index (χ0v) is 12.3. The molecule has 3 atom stereocenters. The van der Waals surface area contributed by atoms with Gasteiger partial charge in [-0.25, -0.2) is 0 Å². The van der Waals surface area contributed by atoms with E-state index in [4.69, 9.17) is 5.73 Å².